The van der Waals surface area contributed by atoms with Crippen molar-refractivity contribution in [2.75, 3.05) is 20.3 Å². The summed E-state index contributed by atoms with van der Waals surface area (Å²) < 4.78 is 10.1. The van der Waals surface area contributed by atoms with Crippen molar-refractivity contribution in [2.24, 2.45) is 0 Å². The molecule has 0 aromatic heterocycles. The first-order valence-corrected chi connectivity index (χ1v) is 11.9. The van der Waals surface area contributed by atoms with E-state index in [4.69, 9.17) is 4.74 Å². The van der Waals surface area contributed by atoms with Crippen molar-refractivity contribution in [1.29, 1.82) is 0 Å². The fourth-order valence-corrected chi connectivity index (χ4v) is 3.27. The van der Waals surface area contributed by atoms with Gasteiger partial charge in [-0.1, -0.05) is 37.3 Å². The number of rotatable bonds is 18. The molecule has 0 radical (unpaired) electrons. The smallest absolute Gasteiger partial charge is 0.328 e. The van der Waals surface area contributed by atoms with Crippen molar-refractivity contribution in [1.82, 2.24) is 21.5 Å². The molecule has 1 aromatic carbocycles. The van der Waals surface area contributed by atoms with Crippen LogP contribution in [0.3, 0.4) is 0 Å². The number of carbonyl (C=O) groups excluding carboxylic acids is 4. The molecule has 1 aromatic rings. The van der Waals surface area contributed by atoms with Crippen LogP contribution in [0.4, 0.5) is 0 Å². The number of ether oxygens (including phenoxy) is 2. The van der Waals surface area contributed by atoms with Gasteiger partial charge in [0.05, 0.1) is 7.11 Å². The molecule has 0 unspecified atom stereocenters. The van der Waals surface area contributed by atoms with E-state index in [9.17, 15) is 19.2 Å². The molecule has 37 heavy (non-hydrogen) atoms. The number of benzene rings is 1. The Bertz CT molecular complexity index is 878. The van der Waals surface area contributed by atoms with E-state index in [1.54, 1.807) is 24.3 Å². The summed E-state index contributed by atoms with van der Waals surface area (Å²) in [5, 5.41) is 5.31. The first-order valence-electron chi connectivity index (χ1n) is 11.9. The van der Waals surface area contributed by atoms with E-state index < -0.39 is 18.1 Å². The predicted molar refractivity (Wildman–Crippen MR) is 144 cm³/mol. The van der Waals surface area contributed by atoms with Crippen molar-refractivity contribution in [2.45, 2.75) is 57.5 Å². The number of nitrogens with one attached hydrogen (secondary N) is 4. The number of esters is 1. The lowest BCUT2D eigenvalue weighted by molar-refractivity contribution is -0.145. The summed E-state index contributed by atoms with van der Waals surface area (Å²) in [4.78, 5) is 47.8. The number of unbranched alkanes of at least 4 members (excludes halogenated alkanes) is 2. The molecule has 0 aliphatic rings. The van der Waals surface area contributed by atoms with Gasteiger partial charge in [-0.25, -0.2) is 10.2 Å². The van der Waals surface area contributed by atoms with Gasteiger partial charge in [0.15, 0.2) is 0 Å². The fourth-order valence-electron chi connectivity index (χ4n) is 3.27. The van der Waals surface area contributed by atoms with Crippen molar-refractivity contribution in [3.8, 4) is 5.75 Å². The lowest BCUT2D eigenvalue weighted by Crippen LogP contribution is -2.51. The first kappa shape index (κ1) is 33.6. The highest BCUT2D eigenvalue weighted by Gasteiger charge is 2.20. The zero-order valence-electron chi connectivity index (χ0n) is 21.5. The van der Waals surface area contributed by atoms with Crippen LogP contribution in [-0.4, -0.2) is 56.0 Å². The zero-order chi connectivity index (χ0) is 26.8. The summed E-state index contributed by atoms with van der Waals surface area (Å²) in [5.41, 5.74) is 6.36. The number of hydrazine groups is 1. The summed E-state index contributed by atoms with van der Waals surface area (Å²) in [5.74, 6) is -0.699. The first-order chi connectivity index (χ1) is 17.3. The Kier molecular flexibility index (Phi) is 18.0. The molecule has 11 heteroatoms. The summed E-state index contributed by atoms with van der Waals surface area (Å²) in [6.45, 7) is 9.44. The van der Waals surface area contributed by atoms with Gasteiger partial charge in [0.2, 0.25) is 11.8 Å². The van der Waals surface area contributed by atoms with Crippen molar-refractivity contribution < 1.29 is 28.7 Å². The summed E-state index contributed by atoms with van der Waals surface area (Å²) in [7, 11) is 1.27. The van der Waals surface area contributed by atoms with Gasteiger partial charge in [-0.15, -0.1) is 19.0 Å². The molecule has 0 bridgehead atoms. The largest absolute Gasteiger partial charge is 0.490 e. The van der Waals surface area contributed by atoms with Crippen LogP contribution in [0.5, 0.6) is 5.75 Å². The second-order valence-corrected chi connectivity index (χ2v) is 8.10. The van der Waals surface area contributed by atoms with E-state index in [1.165, 1.54) is 14.0 Å². The van der Waals surface area contributed by atoms with Gasteiger partial charge in [-0.3, -0.25) is 19.8 Å². The topological polar surface area (TPSA) is 135 Å². The SMILES string of the molecule is C=CCOc1ccc(C[C@H](NC(C)=O)C(=O)NNCCCCCC(=O)N[C@@H](CC=C)C(=O)OC)cc1.Cl. The van der Waals surface area contributed by atoms with Gasteiger partial charge in [-0.2, -0.15) is 0 Å². The molecule has 2 atom stereocenters. The zero-order valence-corrected chi connectivity index (χ0v) is 22.4. The second-order valence-electron chi connectivity index (χ2n) is 8.10. The monoisotopic (exact) mass is 538 g/mol. The van der Waals surface area contributed by atoms with Crippen LogP contribution in [0, 0.1) is 0 Å². The Morgan fingerprint density at radius 1 is 0.973 bits per heavy atom. The van der Waals surface area contributed by atoms with Gasteiger partial charge in [0.25, 0.3) is 5.91 Å². The number of amides is 3. The Morgan fingerprint density at radius 3 is 2.27 bits per heavy atom. The van der Waals surface area contributed by atoms with Gasteiger partial charge < -0.3 is 20.1 Å². The van der Waals surface area contributed by atoms with Crippen LogP contribution >= 0.6 is 12.4 Å². The highest BCUT2D eigenvalue weighted by molar-refractivity contribution is 5.87. The number of hydrogen-bond acceptors (Lipinski definition) is 7. The van der Waals surface area contributed by atoms with Crippen LogP contribution in [0.25, 0.3) is 0 Å². The van der Waals surface area contributed by atoms with Crippen molar-refractivity contribution in [3.63, 3.8) is 0 Å². The van der Waals surface area contributed by atoms with E-state index in [0.29, 0.717) is 38.2 Å². The molecule has 0 spiro atoms. The van der Waals surface area contributed by atoms with Crippen molar-refractivity contribution in [3.05, 3.63) is 55.1 Å². The van der Waals surface area contributed by atoms with Gasteiger partial charge in [0, 0.05) is 26.3 Å². The van der Waals surface area contributed by atoms with Crippen LogP contribution in [0.2, 0.25) is 0 Å². The minimum absolute atomic E-state index is 0. The normalized spacial score (nSPS) is 11.6. The molecular formula is C26H39ClN4O6. The summed E-state index contributed by atoms with van der Waals surface area (Å²) >= 11 is 0. The fraction of sp³-hybridized carbons (Fsp3) is 0.462. The summed E-state index contributed by atoms with van der Waals surface area (Å²) in [6.07, 6.45) is 6.20. The van der Waals surface area contributed by atoms with Gasteiger partial charge in [0.1, 0.15) is 24.4 Å². The Labute approximate surface area is 225 Å². The molecule has 206 valence electrons. The average molecular weight is 539 g/mol. The number of methoxy groups -OCH3 is 1. The van der Waals surface area contributed by atoms with E-state index in [-0.39, 0.29) is 36.5 Å². The predicted octanol–water partition coefficient (Wildman–Crippen LogP) is 2.14. The minimum atomic E-state index is -0.739. The molecule has 0 saturated carbocycles. The van der Waals surface area contributed by atoms with E-state index in [0.717, 1.165) is 18.4 Å². The third-order valence-electron chi connectivity index (χ3n) is 5.07. The highest BCUT2D eigenvalue weighted by Crippen LogP contribution is 2.13. The maximum absolute atomic E-state index is 12.6. The molecule has 10 nitrogen and oxygen atoms in total. The Hall–Kier alpha value is -3.37. The Balaban J connectivity index is 0.0000130. The Morgan fingerprint density at radius 2 is 1.68 bits per heavy atom. The molecule has 3 amide bonds. The molecule has 0 fully saturated rings. The summed E-state index contributed by atoms with van der Waals surface area (Å²) in [6, 6.07) is 5.82. The molecule has 0 aliphatic carbocycles. The van der Waals surface area contributed by atoms with E-state index >= 15 is 0 Å². The second kappa shape index (κ2) is 19.8. The molecule has 4 N–H and O–H groups in total. The number of hydrogen-bond donors (Lipinski definition) is 4. The van der Waals surface area contributed by atoms with E-state index in [1.807, 2.05) is 12.1 Å². The lowest BCUT2D eigenvalue weighted by atomic mass is 10.1. The molecule has 0 heterocycles. The number of halogens is 1. The molecule has 0 saturated heterocycles. The lowest BCUT2D eigenvalue weighted by Gasteiger charge is -2.18. The third-order valence-corrected chi connectivity index (χ3v) is 5.07. The highest BCUT2D eigenvalue weighted by atomic mass is 35.5. The van der Waals surface area contributed by atoms with Crippen LogP contribution in [0.15, 0.2) is 49.6 Å². The average Bonchev–Trinajstić information content (AvgIpc) is 2.86. The third kappa shape index (κ3) is 14.7. The number of carbonyl (C=O) groups is 4. The van der Waals surface area contributed by atoms with Crippen molar-refractivity contribution >= 4 is 36.1 Å². The standard InChI is InChI=1S/C26H38N4O6.ClH/c1-5-10-22(26(34)35-4)29-24(32)11-8-7-9-16-27-30-25(33)23(28-19(3)31)18-20-12-14-21(15-13-20)36-17-6-2;/h5-6,12-15,22-23,27H,1-2,7-11,16-18H2,3-4H3,(H,28,31)(H,29,32)(H,30,33);1H/t22-,23-;/m0./s1. The minimum Gasteiger partial charge on any atom is -0.490 e. The molecule has 1 rings (SSSR count). The maximum Gasteiger partial charge on any atom is 0.328 e. The van der Waals surface area contributed by atoms with Gasteiger partial charge >= 0.3 is 5.97 Å². The molecule has 0 aliphatic heterocycles. The quantitative estimate of drug-likeness (QED) is 0.0973. The van der Waals surface area contributed by atoms with Crippen LogP contribution in [0.1, 0.15) is 44.6 Å². The van der Waals surface area contributed by atoms with Crippen LogP contribution in [-0.2, 0) is 30.3 Å². The van der Waals surface area contributed by atoms with Crippen LogP contribution < -0.4 is 26.2 Å². The van der Waals surface area contributed by atoms with Gasteiger partial charge in [-0.05, 0) is 37.0 Å². The molecular weight excluding hydrogens is 500 g/mol. The maximum atomic E-state index is 12.6. The van der Waals surface area contributed by atoms with E-state index in [2.05, 4.69) is 39.4 Å².